The second-order valence-corrected chi connectivity index (χ2v) is 17.8. The second-order valence-electron chi connectivity index (χ2n) is 13.6. The van der Waals surface area contributed by atoms with Gasteiger partial charge in [0.1, 0.15) is 0 Å². The minimum Gasteiger partial charge on any atom is -0.461 e. The van der Waals surface area contributed by atoms with Crippen molar-refractivity contribution in [1.29, 1.82) is 0 Å². The molecule has 0 bridgehead atoms. The number of amides is 2. The number of nitrogens with zero attached hydrogens (tertiary/aromatic N) is 3. The highest BCUT2D eigenvalue weighted by molar-refractivity contribution is 8.10. The first-order chi connectivity index (χ1) is 23.2. The number of ether oxygens (including phenoxy) is 1. The molecule has 0 saturated carbocycles. The number of fused-ring (bicyclic) bond motifs is 1. The van der Waals surface area contributed by atoms with Gasteiger partial charge in [0.15, 0.2) is 5.69 Å². The van der Waals surface area contributed by atoms with Crippen molar-refractivity contribution < 1.29 is 36.0 Å². The van der Waals surface area contributed by atoms with Crippen molar-refractivity contribution in [3.05, 3.63) is 112 Å². The summed E-state index contributed by atoms with van der Waals surface area (Å²) < 4.78 is 63.7. The predicted molar refractivity (Wildman–Crippen MR) is 190 cm³/mol. The van der Waals surface area contributed by atoms with Gasteiger partial charge in [-0.1, -0.05) is 77.4 Å². The Balaban J connectivity index is 1.77. The number of hydrogen-bond acceptors (Lipinski definition) is 9. The third-order valence-electron chi connectivity index (χ3n) is 8.13. The number of aromatic nitrogens is 1. The number of halogens is 1. The normalized spacial score (nSPS) is 13.7. The van der Waals surface area contributed by atoms with E-state index in [1.807, 2.05) is 41.5 Å². The van der Waals surface area contributed by atoms with Crippen molar-refractivity contribution in [1.82, 2.24) is 4.98 Å². The summed E-state index contributed by atoms with van der Waals surface area (Å²) in [4.78, 5) is 44.9. The van der Waals surface area contributed by atoms with Crippen LogP contribution in [-0.2, 0) is 35.6 Å². The monoisotopic (exact) mass is 737 g/mol. The third-order valence-corrected chi connectivity index (χ3v) is 12.6. The number of imide groups is 1. The van der Waals surface area contributed by atoms with Crippen molar-refractivity contribution in [3.63, 3.8) is 0 Å². The van der Waals surface area contributed by atoms with Gasteiger partial charge in [0, 0.05) is 6.20 Å². The molecule has 1 aliphatic rings. The Kier molecular flexibility index (Phi) is 9.50. The minimum absolute atomic E-state index is 0.0227. The molecule has 50 heavy (non-hydrogen) atoms. The van der Waals surface area contributed by atoms with Gasteiger partial charge in [0.25, 0.3) is 31.9 Å². The number of esters is 1. The van der Waals surface area contributed by atoms with Gasteiger partial charge >= 0.3 is 5.97 Å². The maximum Gasteiger partial charge on any atom is 0.359 e. The van der Waals surface area contributed by atoms with E-state index in [2.05, 4.69) is 4.98 Å². The fraction of sp³-hybridized carbons (Fsp3) is 0.278. The van der Waals surface area contributed by atoms with Crippen molar-refractivity contribution in [2.75, 3.05) is 15.2 Å². The molecule has 2 heterocycles. The molecule has 0 radical (unpaired) electrons. The summed E-state index contributed by atoms with van der Waals surface area (Å²) in [6.07, 6.45) is 1.27. The van der Waals surface area contributed by atoms with Crippen LogP contribution in [0.1, 0.15) is 90.8 Å². The van der Waals surface area contributed by atoms with E-state index in [9.17, 15) is 31.2 Å². The molecule has 0 spiro atoms. The minimum atomic E-state index is -5.01. The third kappa shape index (κ3) is 6.40. The summed E-state index contributed by atoms with van der Waals surface area (Å²) in [7, 11) is -10.0. The molecule has 14 heteroatoms. The van der Waals surface area contributed by atoms with E-state index in [4.69, 9.17) is 16.3 Å². The average molecular weight is 738 g/mol. The quantitative estimate of drug-likeness (QED) is 0.139. The highest BCUT2D eigenvalue weighted by Gasteiger charge is 2.47. The zero-order valence-electron chi connectivity index (χ0n) is 28.5. The van der Waals surface area contributed by atoms with Crippen molar-refractivity contribution in [2.24, 2.45) is 0 Å². The Bertz CT molecular complexity index is 2150. The molecule has 0 aliphatic carbocycles. The van der Waals surface area contributed by atoms with Gasteiger partial charge < -0.3 is 4.74 Å². The zero-order chi connectivity index (χ0) is 37.0. The van der Waals surface area contributed by atoms with E-state index in [1.165, 1.54) is 42.6 Å². The maximum absolute atomic E-state index is 14.6. The van der Waals surface area contributed by atoms with Crippen LogP contribution in [0.2, 0.25) is 5.02 Å². The maximum atomic E-state index is 14.6. The molecule has 2 amide bonds. The lowest BCUT2D eigenvalue weighted by atomic mass is 9.87. The molecule has 4 aromatic rings. The van der Waals surface area contributed by atoms with Gasteiger partial charge in [-0.2, -0.15) is 3.71 Å². The average Bonchev–Trinajstić information content (AvgIpc) is 3.31. The number of carbonyl (C=O) groups is 3. The van der Waals surface area contributed by atoms with E-state index >= 15 is 0 Å². The number of pyridine rings is 1. The van der Waals surface area contributed by atoms with E-state index in [0.29, 0.717) is 4.90 Å². The zero-order valence-corrected chi connectivity index (χ0v) is 30.9. The molecule has 0 fully saturated rings. The fourth-order valence-corrected chi connectivity index (χ4v) is 9.40. The number of benzene rings is 3. The van der Waals surface area contributed by atoms with Gasteiger partial charge in [-0.05, 0) is 77.4 Å². The van der Waals surface area contributed by atoms with Crippen molar-refractivity contribution >= 4 is 60.8 Å². The van der Waals surface area contributed by atoms with Crippen LogP contribution in [0.15, 0.2) is 88.8 Å². The van der Waals surface area contributed by atoms with E-state index in [-0.39, 0.29) is 47.3 Å². The Morgan fingerprint density at radius 1 is 0.760 bits per heavy atom. The molecule has 0 N–H and O–H groups in total. The molecular formula is C36H36ClN3O8S2. The number of hydrogen-bond donors (Lipinski definition) is 0. The van der Waals surface area contributed by atoms with Crippen molar-refractivity contribution in [3.8, 4) is 0 Å². The molecule has 0 unspecified atom stereocenters. The number of carbonyl (C=O) groups excluding carboxylic acids is 3. The number of rotatable bonds is 8. The Hall–Kier alpha value is -4.59. The highest BCUT2D eigenvalue weighted by atomic mass is 35.5. The van der Waals surface area contributed by atoms with Crippen molar-refractivity contribution in [2.45, 2.75) is 69.1 Å². The molecule has 1 aromatic heterocycles. The lowest BCUT2D eigenvalue weighted by molar-refractivity contribution is 0.0520. The summed E-state index contributed by atoms with van der Waals surface area (Å²) in [6, 6.07) is 16.4. The molecule has 0 saturated heterocycles. The largest absolute Gasteiger partial charge is 0.461 e. The van der Waals surface area contributed by atoms with Crippen LogP contribution in [0, 0.1) is 0 Å². The van der Waals surface area contributed by atoms with Gasteiger partial charge in [0.2, 0.25) is 0 Å². The molecule has 262 valence electrons. The van der Waals surface area contributed by atoms with E-state index in [0.717, 1.165) is 23.3 Å². The fourth-order valence-electron chi connectivity index (χ4n) is 5.45. The standard InChI is InChI=1S/C36H36ClN3O8S2/c1-8-48-34(43)31-28(10-9-21-38-31)39-32(41)29-26(37)19-20-27(30(29)33(39)42)40(49(44,45)24-15-11-22(12-16-24)35(2,3)4)50(46,47)25-17-13-23(14-18-25)36(5,6)7/h9-21H,8H2,1-7H3. The summed E-state index contributed by atoms with van der Waals surface area (Å²) in [5.74, 6) is -3.06. The van der Waals surface area contributed by atoms with Crippen LogP contribution >= 0.6 is 11.6 Å². The number of anilines is 2. The smallest absolute Gasteiger partial charge is 0.359 e. The first-order valence-corrected chi connectivity index (χ1v) is 18.8. The van der Waals surface area contributed by atoms with Gasteiger partial charge in [-0.15, -0.1) is 0 Å². The van der Waals surface area contributed by atoms with Gasteiger partial charge in [-0.3, -0.25) is 9.59 Å². The lowest BCUT2D eigenvalue weighted by Crippen LogP contribution is -2.38. The van der Waals surface area contributed by atoms with Crippen LogP contribution in [0.5, 0.6) is 0 Å². The summed E-state index contributed by atoms with van der Waals surface area (Å²) in [5.41, 5.74) is -1.40. The van der Waals surface area contributed by atoms with Crippen LogP contribution < -0.4 is 8.61 Å². The summed E-state index contributed by atoms with van der Waals surface area (Å²) in [6.45, 7) is 13.2. The topological polar surface area (TPSA) is 148 Å². The molecule has 3 aromatic carbocycles. The Labute approximate surface area is 297 Å². The van der Waals surface area contributed by atoms with Crippen LogP contribution in [0.25, 0.3) is 0 Å². The summed E-state index contributed by atoms with van der Waals surface area (Å²) in [5, 5.41) is -0.245. The second kappa shape index (κ2) is 12.9. The molecule has 1 aliphatic heterocycles. The van der Waals surface area contributed by atoms with Crippen LogP contribution in [-0.4, -0.2) is 46.2 Å². The first kappa shape index (κ1) is 36.7. The van der Waals surface area contributed by atoms with Gasteiger partial charge in [-0.25, -0.2) is 31.5 Å². The first-order valence-electron chi connectivity index (χ1n) is 15.6. The number of sulfonamides is 2. The lowest BCUT2D eigenvalue weighted by Gasteiger charge is -2.27. The molecular weight excluding hydrogens is 702 g/mol. The van der Waals surface area contributed by atoms with E-state index in [1.54, 1.807) is 31.2 Å². The highest BCUT2D eigenvalue weighted by Crippen LogP contribution is 2.43. The van der Waals surface area contributed by atoms with Crippen LogP contribution in [0.4, 0.5) is 11.4 Å². The SMILES string of the molecule is CCOC(=O)c1ncccc1N1C(=O)c2c(Cl)ccc(N(S(=O)(=O)c3ccc(C(C)(C)C)cc3)S(=O)(=O)c3ccc(C(C)(C)C)cc3)c2C1=O. The Morgan fingerprint density at radius 3 is 1.70 bits per heavy atom. The molecule has 11 nitrogen and oxygen atoms in total. The Morgan fingerprint density at radius 2 is 1.24 bits per heavy atom. The predicted octanol–water partition coefficient (Wildman–Crippen LogP) is 6.89. The summed E-state index contributed by atoms with van der Waals surface area (Å²) >= 11 is 6.47. The molecule has 5 rings (SSSR count). The van der Waals surface area contributed by atoms with Crippen LogP contribution in [0.3, 0.4) is 0 Å². The van der Waals surface area contributed by atoms with E-state index < -0.39 is 54.6 Å². The van der Waals surface area contributed by atoms with Gasteiger partial charge in [0.05, 0.1) is 43.9 Å². The molecule has 0 atom stereocenters.